The predicted octanol–water partition coefficient (Wildman–Crippen LogP) is 2.54. The summed E-state index contributed by atoms with van der Waals surface area (Å²) in [7, 11) is 1.45. The number of nitrogens with zero attached hydrogens (tertiary/aromatic N) is 1. The molecule has 0 aliphatic rings. The second-order valence-electron chi connectivity index (χ2n) is 7.06. The highest BCUT2D eigenvalue weighted by atomic mass is 16.5. The Morgan fingerprint density at radius 3 is 2.13 bits per heavy atom. The van der Waals surface area contributed by atoms with Crippen molar-refractivity contribution < 1.29 is 34.8 Å². The van der Waals surface area contributed by atoms with Crippen molar-refractivity contribution in [3.05, 3.63) is 53.6 Å². The molecule has 2 aromatic carbocycles. The first-order valence-corrected chi connectivity index (χ1v) is 9.26. The molecule has 0 aromatic heterocycles. The van der Waals surface area contributed by atoms with Gasteiger partial charge in [-0.3, -0.25) is 4.79 Å². The summed E-state index contributed by atoms with van der Waals surface area (Å²) >= 11 is 0. The van der Waals surface area contributed by atoms with E-state index in [4.69, 9.17) is 4.74 Å². The zero-order valence-corrected chi connectivity index (χ0v) is 16.9. The summed E-state index contributed by atoms with van der Waals surface area (Å²) in [5.74, 6) is -2.30. The first-order valence-electron chi connectivity index (χ1n) is 9.26. The average molecular weight is 415 g/mol. The zero-order valence-electron chi connectivity index (χ0n) is 16.9. The van der Waals surface area contributed by atoms with Crippen molar-refractivity contribution in [3.63, 3.8) is 0 Å². The fraction of sp³-hybridized carbons (Fsp3) is 0.273. The van der Waals surface area contributed by atoms with Gasteiger partial charge in [-0.2, -0.15) is 0 Å². The van der Waals surface area contributed by atoms with Crippen molar-refractivity contribution in [1.29, 1.82) is 0 Å². The number of likely N-dealkylation sites (N-methyl/N-ethyl adjacent to an activating group) is 1. The summed E-state index contributed by atoms with van der Waals surface area (Å²) in [6.45, 7) is 3.39. The number of phenols is 4. The van der Waals surface area contributed by atoms with Gasteiger partial charge in [0.2, 0.25) is 5.91 Å². The van der Waals surface area contributed by atoms with Crippen molar-refractivity contribution >= 4 is 18.0 Å². The molecule has 1 amide bonds. The van der Waals surface area contributed by atoms with E-state index >= 15 is 0 Å². The zero-order chi connectivity index (χ0) is 22.4. The highest BCUT2D eigenvalue weighted by Crippen LogP contribution is 2.27. The highest BCUT2D eigenvalue weighted by Gasteiger charge is 2.28. The van der Waals surface area contributed by atoms with E-state index in [0.29, 0.717) is 11.1 Å². The lowest BCUT2D eigenvalue weighted by Crippen LogP contribution is -2.44. The number of esters is 1. The van der Waals surface area contributed by atoms with Gasteiger partial charge in [-0.15, -0.1) is 0 Å². The molecule has 160 valence electrons. The number of aromatic hydroxyl groups is 4. The van der Waals surface area contributed by atoms with E-state index < -0.39 is 17.9 Å². The van der Waals surface area contributed by atoms with Crippen LogP contribution in [0.4, 0.5) is 0 Å². The highest BCUT2D eigenvalue weighted by molar-refractivity contribution is 5.94. The van der Waals surface area contributed by atoms with E-state index in [9.17, 15) is 30.0 Å². The Labute approximate surface area is 174 Å². The molecule has 1 atom stereocenters. The maximum absolute atomic E-state index is 12.6. The lowest BCUT2D eigenvalue weighted by atomic mass is 10.0. The van der Waals surface area contributed by atoms with Gasteiger partial charge >= 0.3 is 5.97 Å². The van der Waals surface area contributed by atoms with E-state index in [0.717, 1.165) is 0 Å². The standard InChI is InChI=1S/C22H25NO7/c1-13(2)30-22(29)16(10-15-5-8-18(25)20(27)12-15)23(3)21(28)9-6-14-4-7-17(24)19(26)11-14/h4-9,11-13,16,24-27H,10H2,1-3H3/t16-/m1/s1. The molecule has 0 aliphatic heterocycles. The Hall–Kier alpha value is -3.68. The van der Waals surface area contributed by atoms with Crippen LogP contribution in [0.2, 0.25) is 0 Å². The molecule has 0 radical (unpaired) electrons. The Morgan fingerprint density at radius 1 is 0.967 bits per heavy atom. The van der Waals surface area contributed by atoms with E-state index in [1.165, 1.54) is 60.5 Å². The number of hydrogen-bond acceptors (Lipinski definition) is 7. The molecule has 8 nitrogen and oxygen atoms in total. The van der Waals surface area contributed by atoms with Crippen LogP contribution in [0.15, 0.2) is 42.5 Å². The van der Waals surface area contributed by atoms with Gasteiger partial charge < -0.3 is 30.1 Å². The number of carbonyl (C=O) groups excluding carboxylic acids is 2. The van der Waals surface area contributed by atoms with E-state index in [1.807, 2.05) is 0 Å². The molecule has 2 rings (SSSR count). The van der Waals surface area contributed by atoms with Gasteiger partial charge in [-0.25, -0.2) is 4.79 Å². The molecule has 0 unspecified atom stereocenters. The molecule has 0 spiro atoms. The van der Waals surface area contributed by atoms with Crippen molar-refractivity contribution in [2.45, 2.75) is 32.4 Å². The average Bonchev–Trinajstić information content (AvgIpc) is 2.68. The topological polar surface area (TPSA) is 128 Å². The number of hydrogen-bond donors (Lipinski definition) is 4. The Bertz CT molecular complexity index is 952. The predicted molar refractivity (Wildman–Crippen MR) is 110 cm³/mol. The molecule has 0 heterocycles. The summed E-state index contributed by atoms with van der Waals surface area (Å²) in [6.07, 6.45) is 2.35. The monoisotopic (exact) mass is 415 g/mol. The smallest absolute Gasteiger partial charge is 0.329 e. The maximum Gasteiger partial charge on any atom is 0.329 e. The lowest BCUT2D eigenvalue weighted by molar-refractivity contribution is -0.156. The first kappa shape index (κ1) is 22.6. The van der Waals surface area contributed by atoms with Crippen LogP contribution in [0.5, 0.6) is 23.0 Å². The minimum atomic E-state index is -0.971. The molecule has 30 heavy (non-hydrogen) atoms. The first-order chi connectivity index (χ1) is 14.1. The van der Waals surface area contributed by atoms with Crippen LogP contribution in [0.1, 0.15) is 25.0 Å². The van der Waals surface area contributed by atoms with Gasteiger partial charge in [0, 0.05) is 19.5 Å². The molecule has 0 saturated heterocycles. The third-order valence-electron chi connectivity index (χ3n) is 4.33. The SMILES string of the molecule is CC(C)OC(=O)[C@@H](Cc1ccc(O)c(O)c1)N(C)C(=O)C=Cc1ccc(O)c(O)c1. The number of carbonyl (C=O) groups is 2. The fourth-order valence-electron chi connectivity index (χ4n) is 2.69. The fourth-order valence-corrected chi connectivity index (χ4v) is 2.69. The summed E-state index contributed by atoms with van der Waals surface area (Å²) in [5.41, 5.74) is 1.01. The largest absolute Gasteiger partial charge is 0.504 e. The van der Waals surface area contributed by atoms with Crippen LogP contribution < -0.4 is 0 Å². The van der Waals surface area contributed by atoms with E-state index in [1.54, 1.807) is 13.8 Å². The molecular weight excluding hydrogens is 390 g/mol. The van der Waals surface area contributed by atoms with Crippen molar-refractivity contribution in [2.75, 3.05) is 7.05 Å². The van der Waals surface area contributed by atoms with Gasteiger partial charge in [-0.1, -0.05) is 12.1 Å². The van der Waals surface area contributed by atoms with Gasteiger partial charge in [0.1, 0.15) is 6.04 Å². The summed E-state index contributed by atoms with van der Waals surface area (Å²) in [6, 6.07) is 7.29. The van der Waals surface area contributed by atoms with Crippen molar-refractivity contribution in [1.82, 2.24) is 4.90 Å². The molecular formula is C22H25NO7. The number of benzene rings is 2. The lowest BCUT2D eigenvalue weighted by Gasteiger charge is -2.26. The summed E-state index contributed by atoms with van der Waals surface area (Å²) in [4.78, 5) is 26.5. The van der Waals surface area contributed by atoms with Crippen LogP contribution in [-0.4, -0.2) is 56.4 Å². The molecule has 0 bridgehead atoms. The van der Waals surface area contributed by atoms with E-state index in [2.05, 4.69) is 0 Å². The number of rotatable bonds is 7. The van der Waals surface area contributed by atoms with Gasteiger partial charge in [0.05, 0.1) is 6.10 Å². The van der Waals surface area contributed by atoms with Crippen LogP contribution in [0.25, 0.3) is 6.08 Å². The van der Waals surface area contributed by atoms with Crippen LogP contribution in [-0.2, 0) is 20.7 Å². The Kier molecular flexibility index (Phi) is 7.30. The van der Waals surface area contributed by atoms with Gasteiger partial charge in [0.15, 0.2) is 23.0 Å². The van der Waals surface area contributed by atoms with Crippen molar-refractivity contribution in [2.24, 2.45) is 0 Å². The third kappa shape index (κ3) is 5.91. The van der Waals surface area contributed by atoms with E-state index in [-0.39, 0.29) is 35.5 Å². The second kappa shape index (κ2) is 9.69. The normalized spacial score (nSPS) is 12.1. The van der Waals surface area contributed by atoms with Gasteiger partial charge in [0.25, 0.3) is 0 Å². The number of ether oxygens (including phenoxy) is 1. The van der Waals surface area contributed by atoms with Crippen molar-refractivity contribution in [3.8, 4) is 23.0 Å². The number of phenolic OH excluding ortho intramolecular Hbond substituents is 4. The Balaban J connectivity index is 2.23. The summed E-state index contributed by atoms with van der Waals surface area (Å²) < 4.78 is 5.27. The Morgan fingerprint density at radius 2 is 1.57 bits per heavy atom. The molecule has 2 aromatic rings. The molecule has 0 aliphatic carbocycles. The molecule has 0 fully saturated rings. The minimum Gasteiger partial charge on any atom is -0.504 e. The van der Waals surface area contributed by atoms with Crippen LogP contribution in [0, 0.1) is 0 Å². The maximum atomic E-state index is 12.6. The number of amides is 1. The summed E-state index contributed by atoms with van der Waals surface area (Å²) in [5, 5.41) is 38.1. The van der Waals surface area contributed by atoms with Crippen LogP contribution >= 0.6 is 0 Å². The van der Waals surface area contributed by atoms with Gasteiger partial charge in [-0.05, 0) is 55.3 Å². The minimum absolute atomic E-state index is 0.0650. The molecule has 0 saturated carbocycles. The molecule has 8 heteroatoms. The third-order valence-corrected chi connectivity index (χ3v) is 4.33. The second-order valence-corrected chi connectivity index (χ2v) is 7.06. The van der Waals surface area contributed by atoms with Crippen LogP contribution in [0.3, 0.4) is 0 Å². The molecule has 4 N–H and O–H groups in total. The quantitative estimate of drug-likeness (QED) is 0.311.